The van der Waals surface area contributed by atoms with Crippen LogP contribution in [0, 0.1) is 0 Å². The quantitative estimate of drug-likeness (QED) is 0.532. The van der Waals surface area contributed by atoms with E-state index in [0.717, 1.165) is 42.7 Å². The number of ether oxygens (including phenoxy) is 1. The van der Waals surface area contributed by atoms with Crippen molar-refractivity contribution in [2.24, 2.45) is 0 Å². The van der Waals surface area contributed by atoms with Gasteiger partial charge < -0.3 is 24.8 Å². The Kier molecular flexibility index (Phi) is 7.53. The Morgan fingerprint density at radius 1 is 0.925 bits per heavy atom. The van der Waals surface area contributed by atoms with Gasteiger partial charge in [0.05, 0.1) is 12.7 Å². The Morgan fingerprint density at radius 3 is 2.40 bits per heavy atom. The lowest BCUT2D eigenvalue weighted by Gasteiger charge is -2.36. The molecule has 2 aromatic carbocycles. The van der Waals surface area contributed by atoms with E-state index >= 15 is 0 Å². The summed E-state index contributed by atoms with van der Waals surface area (Å²) in [5.74, 6) is -0.834. The highest BCUT2D eigenvalue weighted by Crippen LogP contribution is 2.31. The van der Waals surface area contributed by atoms with Crippen molar-refractivity contribution in [1.29, 1.82) is 0 Å². The molecule has 4 heterocycles. The van der Waals surface area contributed by atoms with Crippen molar-refractivity contribution in [2.45, 2.75) is 51.0 Å². The maximum absolute atomic E-state index is 13.2. The lowest BCUT2D eigenvalue weighted by Crippen LogP contribution is -2.52. The molecule has 40 heavy (non-hydrogen) atoms. The van der Waals surface area contributed by atoms with Crippen LogP contribution in [0.2, 0.25) is 0 Å². The maximum atomic E-state index is 13.2. The molecule has 3 fully saturated rings. The van der Waals surface area contributed by atoms with Gasteiger partial charge in [0.1, 0.15) is 6.04 Å². The first-order valence-electron chi connectivity index (χ1n) is 14.2. The lowest BCUT2D eigenvalue weighted by atomic mass is 10.0. The summed E-state index contributed by atoms with van der Waals surface area (Å²) in [4.78, 5) is 55.7. The second kappa shape index (κ2) is 11.4. The van der Waals surface area contributed by atoms with Crippen molar-refractivity contribution in [3.05, 3.63) is 64.7 Å². The summed E-state index contributed by atoms with van der Waals surface area (Å²) < 4.78 is 6.03. The van der Waals surface area contributed by atoms with Crippen LogP contribution in [0.4, 0.5) is 5.69 Å². The maximum Gasteiger partial charge on any atom is 0.255 e. The van der Waals surface area contributed by atoms with Gasteiger partial charge in [0.25, 0.3) is 11.8 Å². The van der Waals surface area contributed by atoms with E-state index in [9.17, 15) is 19.2 Å². The lowest BCUT2D eigenvalue weighted by molar-refractivity contribution is -0.136. The number of nitrogens with zero attached hydrogens (tertiary/aromatic N) is 3. The molecular formula is C30H35N5O5. The number of fused-ring (bicyclic) bond motifs is 1. The number of hydrogen-bond acceptors (Lipinski definition) is 7. The molecule has 1 unspecified atom stereocenters. The Hall–Kier alpha value is -3.76. The monoisotopic (exact) mass is 545 g/mol. The highest BCUT2D eigenvalue weighted by atomic mass is 16.5. The van der Waals surface area contributed by atoms with Crippen molar-refractivity contribution >= 4 is 29.3 Å². The van der Waals surface area contributed by atoms with Crippen molar-refractivity contribution in [3.63, 3.8) is 0 Å². The number of amides is 4. The van der Waals surface area contributed by atoms with Gasteiger partial charge in [-0.15, -0.1) is 0 Å². The number of piperazine rings is 1. The number of rotatable bonds is 6. The van der Waals surface area contributed by atoms with Crippen LogP contribution in [0.25, 0.3) is 0 Å². The van der Waals surface area contributed by atoms with E-state index in [-0.39, 0.29) is 24.1 Å². The molecule has 1 atom stereocenters. The third-order valence-corrected chi connectivity index (χ3v) is 8.41. The molecule has 10 nitrogen and oxygen atoms in total. The molecule has 4 amide bonds. The van der Waals surface area contributed by atoms with Crippen LogP contribution >= 0.6 is 0 Å². The van der Waals surface area contributed by atoms with Gasteiger partial charge in [-0.25, -0.2) is 0 Å². The number of anilines is 1. The molecule has 4 aliphatic rings. The molecule has 4 aliphatic heterocycles. The smallest absolute Gasteiger partial charge is 0.255 e. The summed E-state index contributed by atoms with van der Waals surface area (Å²) in [6.45, 7) is 5.52. The zero-order valence-electron chi connectivity index (χ0n) is 22.6. The fraction of sp³-hybridized carbons (Fsp3) is 0.467. The summed E-state index contributed by atoms with van der Waals surface area (Å²) >= 11 is 0. The minimum atomic E-state index is -0.619. The van der Waals surface area contributed by atoms with E-state index in [0.29, 0.717) is 63.0 Å². The molecule has 210 valence electrons. The summed E-state index contributed by atoms with van der Waals surface area (Å²) in [6, 6.07) is 12.9. The molecule has 0 aromatic heterocycles. The van der Waals surface area contributed by atoms with Gasteiger partial charge >= 0.3 is 0 Å². The molecule has 2 N–H and O–H groups in total. The van der Waals surface area contributed by atoms with Crippen LogP contribution in [-0.2, 0) is 27.5 Å². The molecule has 0 aliphatic carbocycles. The number of carbonyl (C=O) groups is 4. The number of carbonyl (C=O) groups excluding carboxylic acids is 4. The van der Waals surface area contributed by atoms with Crippen LogP contribution in [0.1, 0.15) is 57.5 Å². The van der Waals surface area contributed by atoms with Gasteiger partial charge in [-0.3, -0.25) is 24.5 Å². The van der Waals surface area contributed by atoms with E-state index in [1.54, 1.807) is 4.90 Å². The average Bonchev–Trinajstić information content (AvgIpc) is 3.31. The van der Waals surface area contributed by atoms with Crippen LogP contribution in [-0.4, -0.2) is 84.8 Å². The fourth-order valence-corrected chi connectivity index (χ4v) is 6.03. The first-order valence-corrected chi connectivity index (χ1v) is 14.2. The van der Waals surface area contributed by atoms with Gasteiger partial charge in [0, 0.05) is 56.0 Å². The Balaban J connectivity index is 1.02. The third kappa shape index (κ3) is 5.46. The first-order chi connectivity index (χ1) is 19.5. The molecule has 0 spiro atoms. The second-order valence-corrected chi connectivity index (χ2v) is 11.0. The molecule has 6 rings (SSSR count). The third-order valence-electron chi connectivity index (χ3n) is 8.41. The zero-order valence-corrected chi connectivity index (χ0v) is 22.6. The predicted molar refractivity (Wildman–Crippen MR) is 148 cm³/mol. The molecule has 0 radical (unpaired) electrons. The normalized spacial score (nSPS) is 21.9. The molecule has 0 bridgehead atoms. The summed E-state index contributed by atoms with van der Waals surface area (Å²) in [5.41, 5.74) is 4.25. The van der Waals surface area contributed by atoms with Gasteiger partial charge in [0.15, 0.2) is 0 Å². The largest absolute Gasteiger partial charge is 0.373 e. The zero-order chi connectivity index (χ0) is 27.6. The molecule has 3 saturated heterocycles. The molecule has 2 aromatic rings. The standard InChI is InChI=1S/C30H35N5O5/c36-27-8-7-26(28(37)32-27)35-18-22-17-23(5-6-25(22)30(35)39)33-13-15-34(16-14-33)29(38)21-3-1-20(2-4-21)19-40-24-9-11-31-12-10-24/h1-6,17,24,26,31H,7-16,18-19H2,(H,32,36,37). The van der Waals surface area contributed by atoms with E-state index in [1.807, 2.05) is 47.4 Å². The van der Waals surface area contributed by atoms with Crippen LogP contribution in [0.5, 0.6) is 0 Å². The Bertz CT molecular complexity index is 1300. The van der Waals surface area contributed by atoms with Gasteiger partial charge in [0.2, 0.25) is 11.8 Å². The average molecular weight is 546 g/mol. The molecular weight excluding hydrogens is 510 g/mol. The summed E-state index contributed by atoms with van der Waals surface area (Å²) in [6.07, 6.45) is 2.96. The number of imide groups is 1. The number of hydrogen-bond donors (Lipinski definition) is 2. The Labute approximate surface area is 233 Å². The number of nitrogens with one attached hydrogen (secondary N) is 2. The molecule has 0 saturated carbocycles. The second-order valence-electron chi connectivity index (χ2n) is 11.0. The van der Waals surface area contributed by atoms with Crippen molar-refractivity contribution < 1.29 is 23.9 Å². The van der Waals surface area contributed by atoms with Crippen LogP contribution in [0.3, 0.4) is 0 Å². The van der Waals surface area contributed by atoms with E-state index < -0.39 is 11.9 Å². The van der Waals surface area contributed by atoms with Gasteiger partial charge in [-0.05, 0) is 73.8 Å². The van der Waals surface area contributed by atoms with Crippen LogP contribution < -0.4 is 15.5 Å². The first kappa shape index (κ1) is 26.5. The van der Waals surface area contributed by atoms with Gasteiger partial charge in [-0.2, -0.15) is 0 Å². The Morgan fingerprint density at radius 2 is 1.68 bits per heavy atom. The van der Waals surface area contributed by atoms with E-state index in [4.69, 9.17) is 4.74 Å². The number of piperidine rings is 2. The summed E-state index contributed by atoms with van der Waals surface area (Å²) in [5, 5.41) is 5.69. The van der Waals surface area contributed by atoms with E-state index in [1.165, 1.54) is 0 Å². The SMILES string of the molecule is O=C1CCC(N2Cc3cc(N4CCN(C(=O)c5ccc(COC6CCNCC6)cc5)CC4)ccc3C2=O)C(=O)N1. The number of benzene rings is 2. The topological polar surface area (TPSA) is 111 Å². The minimum Gasteiger partial charge on any atom is -0.373 e. The fourth-order valence-electron chi connectivity index (χ4n) is 6.03. The van der Waals surface area contributed by atoms with Crippen molar-refractivity contribution in [2.75, 3.05) is 44.2 Å². The van der Waals surface area contributed by atoms with Crippen molar-refractivity contribution in [3.8, 4) is 0 Å². The predicted octanol–water partition coefficient (Wildman–Crippen LogP) is 1.68. The van der Waals surface area contributed by atoms with E-state index in [2.05, 4.69) is 15.5 Å². The van der Waals surface area contributed by atoms with Gasteiger partial charge in [-0.1, -0.05) is 12.1 Å². The minimum absolute atomic E-state index is 0.0323. The highest BCUT2D eigenvalue weighted by Gasteiger charge is 2.39. The van der Waals surface area contributed by atoms with Crippen molar-refractivity contribution in [1.82, 2.24) is 20.4 Å². The summed E-state index contributed by atoms with van der Waals surface area (Å²) in [7, 11) is 0. The van der Waals surface area contributed by atoms with Crippen LogP contribution in [0.15, 0.2) is 42.5 Å². The molecule has 10 heteroatoms. The highest BCUT2D eigenvalue weighted by molar-refractivity contribution is 6.05.